The molecule has 0 amide bonds. The van der Waals surface area contributed by atoms with E-state index < -0.39 is 39.2 Å². The molecule has 1 unspecified atom stereocenters. The number of carbonyl (C=O) groups excluding carboxylic acids is 1. The summed E-state index contributed by atoms with van der Waals surface area (Å²) in [4.78, 5) is 14.1. The number of sulfonamides is 1. The minimum atomic E-state index is -4.11. The van der Waals surface area contributed by atoms with Gasteiger partial charge in [0.25, 0.3) is 10.0 Å². The molecule has 2 atom stereocenters. The molecule has 1 aromatic heterocycles. The molecule has 1 fully saturated rings. The Hall–Kier alpha value is -2.23. The van der Waals surface area contributed by atoms with Gasteiger partial charge in [0, 0.05) is 9.90 Å². The zero-order valence-corrected chi connectivity index (χ0v) is 21.4. The molecule has 0 bridgehead atoms. The fourth-order valence-electron chi connectivity index (χ4n) is 4.12. The molecule has 1 heterocycles. The van der Waals surface area contributed by atoms with Crippen LogP contribution in [0.4, 0.5) is 0 Å². The van der Waals surface area contributed by atoms with Crippen LogP contribution in [-0.2, 0) is 25.0 Å². The predicted octanol–water partition coefficient (Wildman–Crippen LogP) is 4.76. The molecule has 3 aromatic rings. The molecule has 9 heteroatoms. The van der Waals surface area contributed by atoms with Gasteiger partial charge in [0.1, 0.15) is 15.3 Å². The number of hydrogen-bond donors (Lipinski definition) is 2. The van der Waals surface area contributed by atoms with Gasteiger partial charge in [0.15, 0.2) is 0 Å². The number of carbonyl (C=O) groups is 1. The minimum absolute atomic E-state index is 0.0622. The summed E-state index contributed by atoms with van der Waals surface area (Å²) < 4.78 is 35.3. The van der Waals surface area contributed by atoms with Crippen molar-refractivity contribution in [3.05, 3.63) is 77.3 Å². The molecular formula is C25H26ClNO5S2. The van der Waals surface area contributed by atoms with Gasteiger partial charge in [0.2, 0.25) is 0 Å². The molecule has 1 saturated carbocycles. The highest BCUT2D eigenvalue weighted by Gasteiger charge is 2.75. The second-order valence-corrected chi connectivity index (χ2v) is 12.9. The van der Waals surface area contributed by atoms with Crippen molar-refractivity contribution in [2.45, 2.75) is 48.0 Å². The lowest BCUT2D eigenvalue weighted by molar-refractivity contribution is -0.159. The monoisotopic (exact) mass is 519 g/mol. The largest absolute Gasteiger partial charge is 0.459 e. The van der Waals surface area contributed by atoms with Crippen molar-refractivity contribution < 1.29 is 23.1 Å². The summed E-state index contributed by atoms with van der Waals surface area (Å²) in [6.07, 6.45) is 0.0874. The molecule has 1 aliphatic carbocycles. The second kappa shape index (κ2) is 8.77. The van der Waals surface area contributed by atoms with Crippen molar-refractivity contribution in [2.75, 3.05) is 6.61 Å². The minimum Gasteiger partial charge on any atom is -0.459 e. The summed E-state index contributed by atoms with van der Waals surface area (Å²) in [6, 6.07) is 19.3. The van der Waals surface area contributed by atoms with Crippen LogP contribution in [-0.4, -0.2) is 37.2 Å². The Kier molecular flexibility index (Phi) is 6.42. The van der Waals surface area contributed by atoms with E-state index in [1.54, 1.807) is 63.2 Å². The molecule has 2 N–H and O–H groups in total. The standard InChI is InChI=1S/C25H26ClNO5S2/c1-23(2,3)32-22(29)25(15-24(25,16-28)18-7-5-4-6-8-18)27-34(30,31)21-14-13-20(33-21)17-9-11-19(26)12-10-17/h4-14,27-28H,15-16H2,1-3H3/t24-,25?/m1/s1. The fourth-order valence-corrected chi connectivity index (χ4v) is 6.98. The number of thiophene rings is 1. The topological polar surface area (TPSA) is 92.7 Å². The SMILES string of the molecule is CC(C)(C)OC(=O)C1(NS(=O)(=O)c2ccc(-c3ccc(Cl)cc3)s2)C[C@@]1(CO)c1ccccc1. The summed E-state index contributed by atoms with van der Waals surface area (Å²) in [5.74, 6) is -0.712. The van der Waals surface area contributed by atoms with Gasteiger partial charge >= 0.3 is 5.97 Å². The van der Waals surface area contributed by atoms with Crippen LogP contribution in [0.25, 0.3) is 10.4 Å². The number of esters is 1. The average Bonchev–Trinajstić information content (AvgIpc) is 3.16. The molecule has 34 heavy (non-hydrogen) atoms. The van der Waals surface area contributed by atoms with Crippen LogP contribution in [0.1, 0.15) is 32.8 Å². The smallest absolute Gasteiger partial charge is 0.328 e. The Morgan fingerprint density at radius 2 is 1.74 bits per heavy atom. The van der Waals surface area contributed by atoms with E-state index in [2.05, 4.69) is 4.72 Å². The van der Waals surface area contributed by atoms with Crippen LogP contribution in [0.3, 0.4) is 0 Å². The number of hydrogen-bond acceptors (Lipinski definition) is 6. The van der Waals surface area contributed by atoms with Gasteiger partial charge in [-0.2, -0.15) is 4.72 Å². The van der Waals surface area contributed by atoms with E-state index in [0.29, 0.717) is 10.6 Å². The summed E-state index contributed by atoms with van der Waals surface area (Å²) in [5, 5.41) is 11.0. The van der Waals surface area contributed by atoms with Crippen molar-refractivity contribution >= 4 is 38.9 Å². The number of rotatable bonds is 7. The number of halogens is 1. The zero-order valence-electron chi connectivity index (χ0n) is 19.0. The maximum atomic E-state index is 13.5. The molecule has 180 valence electrons. The Labute approximate surface area is 208 Å². The van der Waals surface area contributed by atoms with E-state index in [0.717, 1.165) is 21.8 Å². The van der Waals surface area contributed by atoms with E-state index >= 15 is 0 Å². The first kappa shape index (κ1) is 24.9. The second-order valence-electron chi connectivity index (χ2n) is 9.42. The van der Waals surface area contributed by atoms with Gasteiger partial charge in [-0.25, -0.2) is 13.2 Å². The molecule has 0 saturated heterocycles. The van der Waals surface area contributed by atoms with Gasteiger partial charge in [-0.1, -0.05) is 54.1 Å². The molecule has 6 nitrogen and oxygen atoms in total. The predicted molar refractivity (Wildman–Crippen MR) is 133 cm³/mol. The van der Waals surface area contributed by atoms with Crippen LogP contribution in [0, 0.1) is 0 Å². The van der Waals surface area contributed by atoms with E-state index in [4.69, 9.17) is 16.3 Å². The van der Waals surface area contributed by atoms with Crippen LogP contribution in [0.2, 0.25) is 5.02 Å². The number of ether oxygens (including phenoxy) is 1. The van der Waals surface area contributed by atoms with E-state index in [9.17, 15) is 18.3 Å². The highest BCUT2D eigenvalue weighted by atomic mass is 35.5. The molecule has 0 radical (unpaired) electrons. The van der Waals surface area contributed by atoms with E-state index in [1.165, 1.54) is 6.07 Å². The Bertz CT molecular complexity index is 1300. The molecular weight excluding hydrogens is 494 g/mol. The lowest BCUT2D eigenvalue weighted by Crippen LogP contribution is -2.52. The van der Waals surface area contributed by atoms with Crippen LogP contribution in [0.15, 0.2) is 70.9 Å². The van der Waals surface area contributed by atoms with E-state index in [-0.39, 0.29) is 10.6 Å². The Morgan fingerprint density at radius 3 is 2.32 bits per heavy atom. The summed E-state index contributed by atoms with van der Waals surface area (Å²) >= 11 is 7.04. The highest BCUT2D eigenvalue weighted by Crippen LogP contribution is 2.59. The number of benzene rings is 2. The Balaban J connectivity index is 1.71. The lowest BCUT2D eigenvalue weighted by atomic mass is 9.91. The van der Waals surface area contributed by atoms with Crippen molar-refractivity contribution in [1.29, 1.82) is 0 Å². The lowest BCUT2D eigenvalue weighted by Gasteiger charge is -2.28. The van der Waals surface area contributed by atoms with Crippen molar-refractivity contribution in [3.8, 4) is 10.4 Å². The number of nitrogens with one attached hydrogen (secondary N) is 1. The first-order valence-corrected chi connectivity index (χ1v) is 13.4. The third-order valence-corrected chi connectivity index (χ3v) is 9.26. The molecule has 0 aliphatic heterocycles. The molecule has 0 spiro atoms. The molecule has 2 aromatic carbocycles. The Morgan fingerprint density at radius 1 is 1.09 bits per heavy atom. The maximum absolute atomic E-state index is 13.5. The zero-order chi connectivity index (χ0) is 24.8. The fraction of sp³-hybridized carbons (Fsp3) is 0.320. The van der Waals surface area contributed by atoms with E-state index in [1.807, 2.05) is 18.2 Å². The van der Waals surface area contributed by atoms with Crippen molar-refractivity contribution in [2.24, 2.45) is 0 Å². The first-order valence-electron chi connectivity index (χ1n) is 10.7. The number of aliphatic hydroxyl groups is 1. The third-order valence-electron chi connectivity index (χ3n) is 5.89. The summed E-state index contributed by atoms with van der Waals surface area (Å²) in [5.41, 5.74) is -2.09. The normalized spacial score (nSPS) is 22.4. The summed E-state index contributed by atoms with van der Waals surface area (Å²) in [6.45, 7) is 4.74. The summed E-state index contributed by atoms with van der Waals surface area (Å²) in [7, 11) is -4.11. The number of aliphatic hydroxyl groups excluding tert-OH is 1. The average molecular weight is 520 g/mol. The molecule has 1 aliphatic rings. The van der Waals surface area contributed by atoms with Crippen molar-refractivity contribution in [3.63, 3.8) is 0 Å². The highest BCUT2D eigenvalue weighted by molar-refractivity contribution is 7.91. The molecule has 4 rings (SSSR count). The van der Waals surface area contributed by atoms with Crippen molar-refractivity contribution in [1.82, 2.24) is 4.72 Å². The van der Waals surface area contributed by atoms with Gasteiger partial charge in [-0.3, -0.25) is 0 Å². The first-order chi connectivity index (χ1) is 15.9. The van der Waals surface area contributed by atoms with Gasteiger partial charge in [-0.15, -0.1) is 11.3 Å². The quantitative estimate of drug-likeness (QED) is 0.439. The van der Waals surface area contributed by atoms with Crippen LogP contribution < -0.4 is 4.72 Å². The van der Waals surface area contributed by atoms with Gasteiger partial charge in [-0.05, 0) is 62.6 Å². The third kappa shape index (κ3) is 4.53. The van der Waals surface area contributed by atoms with Crippen LogP contribution >= 0.6 is 22.9 Å². The van der Waals surface area contributed by atoms with Crippen LogP contribution in [0.5, 0.6) is 0 Å². The van der Waals surface area contributed by atoms with Gasteiger partial charge in [0.05, 0.1) is 12.0 Å². The maximum Gasteiger partial charge on any atom is 0.328 e. The van der Waals surface area contributed by atoms with Gasteiger partial charge < -0.3 is 9.84 Å².